The van der Waals surface area contributed by atoms with Gasteiger partial charge in [-0.05, 0) is 11.6 Å². The van der Waals surface area contributed by atoms with Crippen LogP contribution in [0.4, 0.5) is 5.69 Å². The lowest BCUT2D eigenvalue weighted by Crippen LogP contribution is -2.45. The molecule has 1 aliphatic rings. The molecule has 0 radical (unpaired) electrons. The normalized spacial score (nSPS) is 16.3. The van der Waals surface area contributed by atoms with Crippen molar-refractivity contribution in [3.8, 4) is 0 Å². The highest BCUT2D eigenvalue weighted by molar-refractivity contribution is 7.90. The van der Waals surface area contributed by atoms with E-state index in [-0.39, 0.29) is 0 Å². The van der Waals surface area contributed by atoms with Gasteiger partial charge in [-0.3, -0.25) is 4.31 Å². The van der Waals surface area contributed by atoms with Gasteiger partial charge in [0.05, 0.1) is 5.69 Å². The van der Waals surface area contributed by atoms with Crippen LogP contribution in [0.15, 0.2) is 24.3 Å². The van der Waals surface area contributed by atoms with E-state index in [4.69, 9.17) is 0 Å². The molecule has 0 atom stereocenters. The lowest BCUT2D eigenvalue weighted by molar-refractivity contribution is 0.442. The molecule has 0 unspecified atom stereocenters. The van der Waals surface area contributed by atoms with Gasteiger partial charge in [0.15, 0.2) is 0 Å². The van der Waals surface area contributed by atoms with Gasteiger partial charge in [0.1, 0.15) is 0 Å². The van der Waals surface area contributed by atoms with Crippen molar-refractivity contribution in [3.05, 3.63) is 29.8 Å². The fourth-order valence-corrected chi connectivity index (χ4v) is 4.04. The minimum Gasteiger partial charge on any atom is -0.311 e. The quantitative estimate of drug-likeness (QED) is 0.903. The second-order valence-corrected chi connectivity index (χ2v) is 6.32. The monoisotopic (exact) mass is 283 g/mol. The van der Waals surface area contributed by atoms with Gasteiger partial charge in [0.2, 0.25) is 0 Å². The summed E-state index contributed by atoms with van der Waals surface area (Å²) in [4.78, 5) is 0. The zero-order valence-corrected chi connectivity index (χ0v) is 12.3. The fraction of sp³-hybridized carbons (Fsp3) is 0.538. The molecule has 1 aromatic carbocycles. The molecule has 0 aliphatic carbocycles. The van der Waals surface area contributed by atoms with Crippen LogP contribution in [-0.4, -0.2) is 38.9 Å². The van der Waals surface area contributed by atoms with Crippen LogP contribution in [0.25, 0.3) is 0 Å². The van der Waals surface area contributed by atoms with Gasteiger partial charge < -0.3 is 5.32 Å². The Morgan fingerprint density at radius 2 is 1.95 bits per heavy atom. The van der Waals surface area contributed by atoms with Crippen LogP contribution in [0, 0.1) is 0 Å². The molecule has 0 fully saturated rings. The van der Waals surface area contributed by atoms with E-state index in [0.29, 0.717) is 32.7 Å². The van der Waals surface area contributed by atoms with Crippen molar-refractivity contribution in [2.24, 2.45) is 0 Å². The molecule has 1 N–H and O–H groups in total. The third-order valence-corrected chi connectivity index (χ3v) is 5.48. The van der Waals surface area contributed by atoms with E-state index < -0.39 is 10.2 Å². The number of nitrogens with zero attached hydrogens (tertiary/aromatic N) is 2. The zero-order valence-electron chi connectivity index (χ0n) is 11.5. The van der Waals surface area contributed by atoms with E-state index in [0.717, 1.165) is 11.3 Å². The van der Waals surface area contributed by atoms with Crippen molar-refractivity contribution in [3.63, 3.8) is 0 Å². The van der Waals surface area contributed by atoms with Crippen molar-refractivity contribution in [2.45, 2.75) is 20.4 Å². The van der Waals surface area contributed by atoms with Crippen LogP contribution >= 0.6 is 0 Å². The van der Waals surface area contributed by atoms with Crippen LogP contribution in [0.2, 0.25) is 0 Å². The van der Waals surface area contributed by atoms with Crippen molar-refractivity contribution in [1.29, 1.82) is 0 Å². The van der Waals surface area contributed by atoms with Gasteiger partial charge in [-0.2, -0.15) is 12.7 Å². The Bertz CT molecular complexity index is 526. The van der Waals surface area contributed by atoms with E-state index >= 15 is 0 Å². The summed E-state index contributed by atoms with van der Waals surface area (Å²) in [5.74, 6) is 0. The number of para-hydroxylation sites is 1. The molecule has 1 aromatic rings. The molecule has 106 valence electrons. The van der Waals surface area contributed by atoms with E-state index in [1.165, 1.54) is 8.61 Å². The minimum atomic E-state index is -3.43. The maximum atomic E-state index is 12.7. The van der Waals surface area contributed by atoms with Crippen LogP contribution in [0.1, 0.15) is 19.4 Å². The highest BCUT2D eigenvalue weighted by atomic mass is 32.2. The summed E-state index contributed by atoms with van der Waals surface area (Å²) in [6, 6.07) is 7.67. The highest BCUT2D eigenvalue weighted by Gasteiger charge is 2.30. The molecule has 19 heavy (non-hydrogen) atoms. The summed E-state index contributed by atoms with van der Waals surface area (Å²) in [5, 5.41) is 3.26. The second kappa shape index (κ2) is 5.90. The van der Waals surface area contributed by atoms with Crippen molar-refractivity contribution >= 4 is 15.9 Å². The lowest BCUT2D eigenvalue weighted by Gasteiger charge is -2.30. The molecule has 0 saturated carbocycles. The molecule has 0 bridgehead atoms. The molecule has 0 amide bonds. The number of nitrogens with one attached hydrogen (secondary N) is 1. The molecule has 6 heteroatoms. The first kappa shape index (κ1) is 14.3. The van der Waals surface area contributed by atoms with E-state index in [1.807, 2.05) is 38.1 Å². The van der Waals surface area contributed by atoms with Crippen LogP contribution < -0.4 is 9.62 Å². The average Bonchev–Trinajstić information content (AvgIpc) is 2.62. The van der Waals surface area contributed by atoms with Gasteiger partial charge in [0, 0.05) is 32.7 Å². The summed E-state index contributed by atoms with van der Waals surface area (Å²) in [7, 11) is -3.43. The van der Waals surface area contributed by atoms with Crippen LogP contribution in [0.3, 0.4) is 0 Å². The molecule has 1 heterocycles. The first-order chi connectivity index (χ1) is 9.11. The summed E-state index contributed by atoms with van der Waals surface area (Å²) in [6.07, 6.45) is 0. The van der Waals surface area contributed by atoms with Crippen molar-refractivity contribution in [1.82, 2.24) is 9.62 Å². The highest BCUT2D eigenvalue weighted by Crippen LogP contribution is 2.26. The van der Waals surface area contributed by atoms with E-state index in [1.54, 1.807) is 0 Å². The predicted molar refractivity (Wildman–Crippen MR) is 77.3 cm³/mol. The number of hydrogen-bond acceptors (Lipinski definition) is 3. The van der Waals surface area contributed by atoms with Gasteiger partial charge in [0.25, 0.3) is 0 Å². The summed E-state index contributed by atoms with van der Waals surface area (Å²) < 4.78 is 28.4. The first-order valence-corrected chi connectivity index (χ1v) is 8.07. The molecule has 0 saturated heterocycles. The van der Waals surface area contributed by atoms with E-state index in [9.17, 15) is 8.42 Å². The fourth-order valence-electron chi connectivity index (χ4n) is 2.36. The lowest BCUT2D eigenvalue weighted by atomic mass is 10.2. The Labute approximate surface area is 115 Å². The van der Waals surface area contributed by atoms with Crippen LogP contribution in [-0.2, 0) is 16.8 Å². The summed E-state index contributed by atoms with van der Waals surface area (Å²) in [6.45, 7) is 6.55. The van der Waals surface area contributed by atoms with Gasteiger partial charge in [-0.25, -0.2) is 0 Å². The zero-order chi connectivity index (χ0) is 13.9. The minimum absolute atomic E-state index is 0.468. The maximum Gasteiger partial charge on any atom is 0.304 e. The molecule has 1 aliphatic heterocycles. The number of hydrogen-bond donors (Lipinski definition) is 1. The van der Waals surface area contributed by atoms with Gasteiger partial charge in [-0.1, -0.05) is 32.0 Å². The summed E-state index contributed by atoms with van der Waals surface area (Å²) in [5.41, 5.74) is 1.81. The van der Waals surface area contributed by atoms with Crippen molar-refractivity contribution in [2.75, 3.05) is 30.5 Å². The average molecular weight is 283 g/mol. The van der Waals surface area contributed by atoms with E-state index in [2.05, 4.69) is 5.32 Å². The Balaban J connectivity index is 2.44. The smallest absolute Gasteiger partial charge is 0.304 e. The Morgan fingerprint density at radius 3 is 2.63 bits per heavy atom. The maximum absolute atomic E-state index is 12.7. The van der Waals surface area contributed by atoms with Crippen LogP contribution in [0.5, 0.6) is 0 Å². The molecule has 5 nitrogen and oxygen atoms in total. The third-order valence-electron chi connectivity index (χ3n) is 3.38. The second-order valence-electron chi connectivity index (χ2n) is 4.47. The molecule has 0 spiro atoms. The molecule has 2 rings (SSSR count). The van der Waals surface area contributed by atoms with Gasteiger partial charge in [-0.15, -0.1) is 0 Å². The number of fused-ring (bicyclic) bond motifs is 1. The van der Waals surface area contributed by atoms with Gasteiger partial charge >= 0.3 is 10.2 Å². The Morgan fingerprint density at radius 1 is 1.26 bits per heavy atom. The number of benzene rings is 1. The standard InChI is InChI=1S/C13H21N3O2S/c1-3-15(4-2)19(17,18)16-10-9-14-11-12-7-5-6-8-13(12)16/h5-8,14H,3-4,9-11H2,1-2H3. The SMILES string of the molecule is CCN(CC)S(=O)(=O)N1CCNCc2ccccc21. The third kappa shape index (κ3) is 2.75. The molecular formula is C13H21N3O2S. The Kier molecular flexibility index (Phi) is 4.44. The first-order valence-electron chi connectivity index (χ1n) is 6.67. The number of anilines is 1. The van der Waals surface area contributed by atoms with Crippen molar-refractivity contribution < 1.29 is 8.42 Å². The topological polar surface area (TPSA) is 52.7 Å². The Hall–Kier alpha value is -1.11. The summed E-state index contributed by atoms with van der Waals surface area (Å²) >= 11 is 0. The number of rotatable bonds is 4. The molecular weight excluding hydrogens is 262 g/mol. The largest absolute Gasteiger partial charge is 0.311 e. The predicted octanol–water partition coefficient (Wildman–Crippen LogP) is 1.18. The molecule has 0 aromatic heterocycles.